The van der Waals surface area contributed by atoms with E-state index in [4.69, 9.17) is 5.73 Å². The molecule has 1 amide bonds. The van der Waals surface area contributed by atoms with Gasteiger partial charge in [0.05, 0.1) is 6.04 Å². The topological polar surface area (TPSA) is 55.1 Å². The Morgan fingerprint density at radius 3 is 2.43 bits per heavy atom. The minimum Gasteiger partial charge on any atom is -0.368 e. The number of fused-ring (bicyclic) bond motifs is 3. The standard InChI is InChI=1S/C11H20N2O/c1-7(11(12)14)13-10-6-8-2-4-9(10)5-3-8/h7-10,13H,2-6H2,1H3,(H2,12,14). The molecule has 3 heteroatoms. The summed E-state index contributed by atoms with van der Waals surface area (Å²) in [6, 6.07) is 0.379. The zero-order valence-corrected chi connectivity index (χ0v) is 8.83. The van der Waals surface area contributed by atoms with Crippen molar-refractivity contribution in [2.45, 2.75) is 51.1 Å². The quantitative estimate of drug-likeness (QED) is 0.708. The van der Waals surface area contributed by atoms with Gasteiger partial charge in [0, 0.05) is 6.04 Å². The Hall–Kier alpha value is -0.570. The molecule has 3 aliphatic carbocycles. The third-order valence-corrected chi connectivity index (χ3v) is 3.94. The summed E-state index contributed by atoms with van der Waals surface area (Å²) >= 11 is 0. The molecule has 0 aromatic heterocycles. The van der Waals surface area contributed by atoms with Gasteiger partial charge in [0.15, 0.2) is 0 Å². The fraction of sp³-hybridized carbons (Fsp3) is 0.909. The van der Waals surface area contributed by atoms with Crippen LogP contribution in [-0.2, 0) is 4.79 Å². The molecule has 0 radical (unpaired) electrons. The van der Waals surface area contributed by atoms with Crippen LogP contribution < -0.4 is 11.1 Å². The lowest BCUT2D eigenvalue weighted by atomic mass is 9.68. The molecule has 80 valence electrons. The highest BCUT2D eigenvalue weighted by molar-refractivity contribution is 5.79. The van der Waals surface area contributed by atoms with Gasteiger partial charge in [-0.1, -0.05) is 12.8 Å². The number of hydrogen-bond donors (Lipinski definition) is 2. The summed E-state index contributed by atoms with van der Waals surface area (Å²) in [6.45, 7) is 1.87. The van der Waals surface area contributed by atoms with Crippen molar-refractivity contribution >= 4 is 5.91 Å². The lowest BCUT2D eigenvalue weighted by Gasteiger charge is -2.43. The third kappa shape index (κ3) is 1.92. The Morgan fingerprint density at radius 2 is 2.00 bits per heavy atom. The first kappa shape index (κ1) is 9.97. The Balaban J connectivity index is 1.89. The van der Waals surface area contributed by atoms with Gasteiger partial charge < -0.3 is 11.1 Å². The van der Waals surface area contributed by atoms with E-state index >= 15 is 0 Å². The molecule has 2 unspecified atom stereocenters. The Bertz CT molecular complexity index is 221. The van der Waals surface area contributed by atoms with Crippen molar-refractivity contribution in [2.75, 3.05) is 0 Å². The average molecular weight is 196 g/mol. The maximum Gasteiger partial charge on any atom is 0.234 e. The fourth-order valence-corrected chi connectivity index (χ4v) is 2.99. The molecule has 3 N–H and O–H groups in total. The molecule has 2 bridgehead atoms. The third-order valence-electron chi connectivity index (χ3n) is 3.94. The fourth-order valence-electron chi connectivity index (χ4n) is 2.99. The molecule has 0 aromatic rings. The summed E-state index contributed by atoms with van der Waals surface area (Å²) in [5.41, 5.74) is 5.25. The van der Waals surface area contributed by atoms with E-state index in [9.17, 15) is 4.79 Å². The largest absolute Gasteiger partial charge is 0.368 e. The van der Waals surface area contributed by atoms with Crippen molar-refractivity contribution in [1.82, 2.24) is 5.32 Å². The number of nitrogens with two attached hydrogens (primary N) is 1. The summed E-state index contributed by atoms with van der Waals surface area (Å²) in [7, 11) is 0. The second-order valence-corrected chi connectivity index (χ2v) is 4.91. The SMILES string of the molecule is CC(NC1CC2CCC1CC2)C(N)=O. The van der Waals surface area contributed by atoms with Crippen LogP contribution in [0.3, 0.4) is 0 Å². The number of primary amides is 1. The van der Waals surface area contributed by atoms with Gasteiger partial charge in [-0.15, -0.1) is 0 Å². The van der Waals surface area contributed by atoms with E-state index in [1.165, 1.54) is 32.1 Å². The highest BCUT2D eigenvalue weighted by Gasteiger charge is 2.36. The lowest BCUT2D eigenvalue weighted by Crippen LogP contribution is -2.51. The highest BCUT2D eigenvalue weighted by atomic mass is 16.1. The smallest absolute Gasteiger partial charge is 0.234 e. The maximum atomic E-state index is 10.9. The van der Waals surface area contributed by atoms with Crippen LogP contribution >= 0.6 is 0 Å². The van der Waals surface area contributed by atoms with Crippen molar-refractivity contribution in [1.29, 1.82) is 0 Å². The van der Waals surface area contributed by atoms with E-state index in [0.717, 1.165) is 11.8 Å². The molecule has 2 atom stereocenters. The monoisotopic (exact) mass is 196 g/mol. The van der Waals surface area contributed by atoms with E-state index < -0.39 is 0 Å². The van der Waals surface area contributed by atoms with Crippen LogP contribution in [-0.4, -0.2) is 18.0 Å². The molecule has 3 saturated carbocycles. The Labute approximate surface area is 85.4 Å². The van der Waals surface area contributed by atoms with Crippen molar-refractivity contribution in [3.8, 4) is 0 Å². The first-order chi connectivity index (χ1) is 6.66. The van der Waals surface area contributed by atoms with Gasteiger partial charge in [0.1, 0.15) is 0 Å². The zero-order chi connectivity index (χ0) is 10.1. The molecular weight excluding hydrogens is 176 g/mol. The predicted octanol–water partition coefficient (Wildman–Crippen LogP) is 1.03. The van der Waals surface area contributed by atoms with Gasteiger partial charge in [0.2, 0.25) is 5.91 Å². The molecule has 0 aromatic carbocycles. The predicted molar refractivity (Wildman–Crippen MR) is 55.6 cm³/mol. The molecule has 0 saturated heterocycles. The van der Waals surface area contributed by atoms with Crippen molar-refractivity contribution in [3.63, 3.8) is 0 Å². The molecule has 14 heavy (non-hydrogen) atoms. The number of carbonyl (C=O) groups is 1. The number of nitrogens with one attached hydrogen (secondary N) is 1. The molecular formula is C11H20N2O. The maximum absolute atomic E-state index is 10.9. The van der Waals surface area contributed by atoms with Crippen LogP contribution in [0.25, 0.3) is 0 Å². The summed E-state index contributed by atoms with van der Waals surface area (Å²) in [6.07, 6.45) is 6.73. The van der Waals surface area contributed by atoms with Gasteiger partial charge in [-0.25, -0.2) is 0 Å². The van der Waals surface area contributed by atoms with Gasteiger partial charge in [-0.3, -0.25) is 4.79 Å². The number of hydrogen-bond acceptors (Lipinski definition) is 2. The second-order valence-electron chi connectivity index (χ2n) is 4.91. The van der Waals surface area contributed by atoms with Crippen LogP contribution in [0.5, 0.6) is 0 Å². The van der Waals surface area contributed by atoms with Gasteiger partial charge in [-0.05, 0) is 38.0 Å². The number of carbonyl (C=O) groups excluding carboxylic acids is 1. The van der Waals surface area contributed by atoms with Crippen LogP contribution in [0.2, 0.25) is 0 Å². The molecule has 0 spiro atoms. The Kier molecular flexibility index (Phi) is 2.77. The first-order valence-corrected chi connectivity index (χ1v) is 5.72. The van der Waals surface area contributed by atoms with Crippen LogP contribution in [0.1, 0.15) is 39.0 Å². The summed E-state index contributed by atoms with van der Waals surface area (Å²) in [4.78, 5) is 10.9. The number of amides is 1. The molecule has 3 aliphatic rings. The van der Waals surface area contributed by atoms with Crippen molar-refractivity contribution in [2.24, 2.45) is 17.6 Å². The average Bonchev–Trinajstić information content (AvgIpc) is 2.19. The van der Waals surface area contributed by atoms with E-state index in [0.29, 0.717) is 6.04 Å². The molecule has 0 heterocycles. The van der Waals surface area contributed by atoms with Crippen molar-refractivity contribution < 1.29 is 4.79 Å². The van der Waals surface area contributed by atoms with Crippen LogP contribution in [0.15, 0.2) is 0 Å². The van der Waals surface area contributed by atoms with Crippen molar-refractivity contribution in [3.05, 3.63) is 0 Å². The number of rotatable bonds is 3. The summed E-state index contributed by atoms with van der Waals surface area (Å²) in [5, 5.41) is 3.38. The van der Waals surface area contributed by atoms with Gasteiger partial charge in [-0.2, -0.15) is 0 Å². The van der Waals surface area contributed by atoms with E-state index in [1.54, 1.807) is 0 Å². The van der Waals surface area contributed by atoms with E-state index in [1.807, 2.05) is 6.92 Å². The minimum atomic E-state index is -0.230. The summed E-state index contributed by atoms with van der Waals surface area (Å²) in [5.74, 6) is 1.46. The zero-order valence-electron chi connectivity index (χ0n) is 8.83. The molecule has 3 rings (SSSR count). The molecule has 3 fully saturated rings. The van der Waals surface area contributed by atoms with Crippen LogP contribution in [0.4, 0.5) is 0 Å². The summed E-state index contributed by atoms with van der Waals surface area (Å²) < 4.78 is 0. The van der Waals surface area contributed by atoms with Gasteiger partial charge in [0.25, 0.3) is 0 Å². The minimum absolute atomic E-state index is 0.167. The normalized spacial score (nSPS) is 38.2. The first-order valence-electron chi connectivity index (χ1n) is 5.72. The molecule has 3 nitrogen and oxygen atoms in total. The highest BCUT2D eigenvalue weighted by Crippen LogP contribution is 2.41. The lowest BCUT2D eigenvalue weighted by molar-refractivity contribution is -0.120. The van der Waals surface area contributed by atoms with Gasteiger partial charge >= 0.3 is 0 Å². The van der Waals surface area contributed by atoms with Crippen LogP contribution in [0, 0.1) is 11.8 Å². The second kappa shape index (κ2) is 3.89. The molecule has 0 aliphatic heterocycles. The van der Waals surface area contributed by atoms with E-state index in [-0.39, 0.29) is 11.9 Å². The Morgan fingerprint density at radius 1 is 1.36 bits per heavy atom. The van der Waals surface area contributed by atoms with E-state index in [2.05, 4.69) is 5.32 Å².